The molecule has 6 nitrogen and oxygen atoms in total. The van der Waals surface area contributed by atoms with Crippen molar-refractivity contribution in [1.29, 1.82) is 0 Å². The normalized spacial score (nSPS) is 17.5. The number of amides is 3. The molecule has 1 fully saturated rings. The van der Waals surface area contributed by atoms with Gasteiger partial charge >= 0.3 is 0 Å². The summed E-state index contributed by atoms with van der Waals surface area (Å²) >= 11 is 0. The van der Waals surface area contributed by atoms with Gasteiger partial charge in [-0.2, -0.15) is 0 Å². The molecule has 3 amide bonds. The second kappa shape index (κ2) is 10.9. The number of hydrogen-bond acceptors (Lipinski definition) is 3. The van der Waals surface area contributed by atoms with Crippen LogP contribution in [0.5, 0.6) is 0 Å². The van der Waals surface area contributed by atoms with E-state index in [1.807, 2.05) is 31.7 Å². The van der Waals surface area contributed by atoms with E-state index in [0.717, 1.165) is 25.9 Å². The number of carbonyl (C=O) groups excluding carboxylic acids is 3. The summed E-state index contributed by atoms with van der Waals surface area (Å²) in [4.78, 5) is 38.9. The Morgan fingerprint density at radius 3 is 2.20 bits per heavy atom. The van der Waals surface area contributed by atoms with Crippen LogP contribution in [0.2, 0.25) is 0 Å². The lowest BCUT2D eigenvalue weighted by molar-refractivity contribution is -0.132. The zero-order valence-electron chi connectivity index (χ0n) is 16.1. The molecule has 142 valence electrons. The van der Waals surface area contributed by atoms with Gasteiger partial charge in [-0.05, 0) is 25.7 Å². The highest BCUT2D eigenvalue weighted by atomic mass is 16.2. The third kappa shape index (κ3) is 6.88. The third-order valence-corrected chi connectivity index (χ3v) is 4.76. The van der Waals surface area contributed by atoms with E-state index in [0.29, 0.717) is 12.0 Å². The monoisotopic (exact) mass is 351 g/mol. The highest BCUT2D eigenvalue weighted by Gasteiger charge is 2.23. The first kappa shape index (κ1) is 21.2. The molecule has 1 aliphatic heterocycles. The highest BCUT2D eigenvalue weighted by molar-refractivity contribution is 5.93. The van der Waals surface area contributed by atoms with Crippen LogP contribution in [0.3, 0.4) is 0 Å². The zero-order chi connectivity index (χ0) is 18.8. The van der Waals surface area contributed by atoms with E-state index in [9.17, 15) is 14.4 Å². The van der Waals surface area contributed by atoms with Crippen LogP contribution in [-0.2, 0) is 14.4 Å². The van der Waals surface area contributed by atoms with E-state index in [2.05, 4.69) is 5.32 Å². The second-order valence-electron chi connectivity index (χ2n) is 7.15. The Morgan fingerprint density at radius 1 is 1.12 bits per heavy atom. The summed E-state index contributed by atoms with van der Waals surface area (Å²) in [5.41, 5.74) is 0.683. The number of nitrogens with zero attached hydrogens (tertiary/aromatic N) is 2. The minimum absolute atomic E-state index is 0.0316. The van der Waals surface area contributed by atoms with Crippen molar-refractivity contribution in [2.24, 2.45) is 5.92 Å². The molecule has 1 atom stereocenters. The SMILES string of the molecule is CC(=C[C@H](C(C)C)N(C)C(=O)CNC=O)C(=O)N1CCCCCCC1. The predicted octanol–water partition coefficient (Wildman–Crippen LogP) is 1.95. The average molecular weight is 351 g/mol. The molecule has 1 saturated heterocycles. The lowest BCUT2D eigenvalue weighted by Crippen LogP contribution is -2.44. The molecule has 0 aliphatic carbocycles. The number of hydrogen-bond donors (Lipinski definition) is 1. The summed E-state index contributed by atoms with van der Waals surface area (Å²) in [5, 5.41) is 2.40. The Labute approximate surface area is 151 Å². The van der Waals surface area contributed by atoms with E-state index in [-0.39, 0.29) is 30.3 Å². The van der Waals surface area contributed by atoms with Crippen LogP contribution in [0, 0.1) is 5.92 Å². The first-order chi connectivity index (χ1) is 11.9. The fourth-order valence-electron chi connectivity index (χ4n) is 3.20. The quantitative estimate of drug-likeness (QED) is 0.563. The Bertz CT molecular complexity index is 480. The van der Waals surface area contributed by atoms with Crippen LogP contribution < -0.4 is 5.32 Å². The molecule has 0 aromatic rings. The molecule has 6 heteroatoms. The number of carbonyl (C=O) groups is 3. The van der Waals surface area contributed by atoms with Crippen molar-refractivity contribution in [3.63, 3.8) is 0 Å². The van der Waals surface area contributed by atoms with E-state index in [1.165, 1.54) is 19.3 Å². The fourth-order valence-corrected chi connectivity index (χ4v) is 3.20. The van der Waals surface area contributed by atoms with Crippen LogP contribution in [-0.4, -0.2) is 60.7 Å². The van der Waals surface area contributed by atoms with Crippen LogP contribution in [0.4, 0.5) is 0 Å². The molecular formula is C19H33N3O3. The molecule has 0 spiro atoms. The molecule has 0 saturated carbocycles. The van der Waals surface area contributed by atoms with Gasteiger partial charge in [0.2, 0.25) is 18.2 Å². The third-order valence-electron chi connectivity index (χ3n) is 4.76. The minimum atomic E-state index is -0.181. The van der Waals surface area contributed by atoms with Gasteiger partial charge in [-0.25, -0.2) is 0 Å². The molecule has 25 heavy (non-hydrogen) atoms. The number of likely N-dealkylation sites (tertiary alicyclic amines) is 1. The predicted molar refractivity (Wildman–Crippen MR) is 98.9 cm³/mol. The molecule has 0 radical (unpaired) electrons. The Kier molecular flexibility index (Phi) is 9.24. The topological polar surface area (TPSA) is 69.7 Å². The Hall–Kier alpha value is -1.85. The lowest BCUT2D eigenvalue weighted by atomic mass is 9.99. The van der Waals surface area contributed by atoms with Gasteiger partial charge in [-0.3, -0.25) is 14.4 Å². The van der Waals surface area contributed by atoms with Crippen LogP contribution in [0.15, 0.2) is 11.6 Å². The van der Waals surface area contributed by atoms with Crippen molar-refractivity contribution in [2.75, 3.05) is 26.7 Å². The van der Waals surface area contributed by atoms with Crippen molar-refractivity contribution >= 4 is 18.2 Å². The van der Waals surface area contributed by atoms with Crippen molar-refractivity contribution < 1.29 is 14.4 Å². The molecule has 0 bridgehead atoms. The van der Waals surface area contributed by atoms with Crippen molar-refractivity contribution in [3.05, 3.63) is 11.6 Å². The maximum absolute atomic E-state index is 12.8. The minimum Gasteiger partial charge on any atom is -0.350 e. The Balaban J connectivity index is 2.82. The van der Waals surface area contributed by atoms with Crippen LogP contribution in [0.1, 0.15) is 52.9 Å². The molecule has 0 unspecified atom stereocenters. The number of rotatable bonds is 7. The fraction of sp³-hybridized carbons (Fsp3) is 0.737. The molecular weight excluding hydrogens is 318 g/mol. The average Bonchev–Trinajstić information content (AvgIpc) is 2.55. The van der Waals surface area contributed by atoms with Crippen molar-refractivity contribution in [1.82, 2.24) is 15.1 Å². The largest absolute Gasteiger partial charge is 0.350 e. The van der Waals surface area contributed by atoms with Gasteiger partial charge in [0.25, 0.3) is 0 Å². The summed E-state index contributed by atoms with van der Waals surface area (Å²) in [7, 11) is 1.71. The number of likely N-dealkylation sites (N-methyl/N-ethyl adjacent to an activating group) is 1. The van der Waals surface area contributed by atoms with Crippen molar-refractivity contribution in [2.45, 2.75) is 58.9 Å². The smallest absolute Gasteiger partial charge is 0.249 e. The van der Waals surface area contributed by atoms with E-state index < -0.39 is 0 Å². The van der Waals surface area contributed by atoms with Crippen LogP contribution >= 0.6 is 0 Å². The lowest BCUT2D eigenvalue weighted by Gasteiger charge is -2.30. The maximum atomic E-state index is 12.8. The molecule has 1 N–H and O–H groups in total. The standard InChI is InChI=1S/C19H33N3O3/c1-15(2)17(21(4)18(24)13-20-14-23)12-16(3)19(25)22-10-8-6-5-7-9-11-22/h12,14-15,17H,5-11,13H2,1-4H3,(H,20,23)/t17-/m1/s1. The van der Waals surface area contributed by atoms with E-state index in [1.54, 1.807) is 11.9 Å². The summed E-state index contributed by atoms with van der Waals surface area (Å²) in [5.74, 6) is 0.0632. The van der Waals surface area contributed by atoms with Gasteiger partial charge in [0.05, 0.1) is 12.6 Å². The van der Waals surface area contributed by atoms with Crippen LogP contribution in [0.25, 0.3) is 0 Å². The van der Waals surface area contributed by atoms with Gasteiger partial charge in [0.15, 0.2) is 0 Å². The molecule has 0 aromatic carbocycles. The molecule has 1 heterocycles. The molecule has 0 aromatic heterocycles. The maximum Gasteiger partial charge on any atom is 0.249 e. The summed E-state index contributed by atoms with van der Waals surface area (Å²) < 4.78 is 0. The highest BCUT2D eigenvalue weighted by Crippen LogP contribution is 2.17. The van der Waals surface area contributed by atoms with Crippen molar-refractivity contribution in [3.8, 4) is 0 Å². The molecule has 1 aliphatic rings. The van der Waals surface area contributed by atoms with Gasteiger partial charge in [-0.15, -0.1) is 0 Å². The summed E-state index contributed by atoms with van der Waals surface area (Å²) in [6.07, 6.45) is 8.15. The van der Waals surface area contributed by atoms with Gasteiger partial charge in [-0.1, -0.05) is 39.2 Å². The summed E-state index contributed by atoms with van der Waals surface area (Å²) in [6.45, 7) is 7.47. The first-order valence-electron chi connectivity index (χ1n) is 9.28. The number of nitrogens with one attached hydrogen (secondary N) is 1. The van der Waals surface area contributed by atoms with Gasteiger partial charge < -0.3 is 15.1 Å². The Morgan fingerprint density at radius 2 is 1.68 bits per heavy atom. The summed E-state index contributed by atoms with van der Waals surface area (Å²) in [6, 6.07) is -0.181. The van der Waals surface area contributed by atoms with E-state index >= 15 is 0 Å². The first-order valence-corrected chi connectivity index (χ1v) is 9.28. The van der Waals surface area contributed by atoms with E-state index in [4.69, 9.17) is 0 Å². The van der Waals surface area contributed by atoms with Gasteiger partial charge in [0, 0.05) is 25.7 Å². The van der Waals surface area contributed by atoms with Gasteiger partial charge in [0.1, 0.15) is 0 Å². The molecule has 1 rings (SSSR count). The second-order valence-corrected chi connectivity index (χ2v) is 7.15. The zero-order valence-corrected chi connectivity index (χ0v) is 16.1.